The van der Waals surface area contributed by atoms with Gasteiger partial charge in [-0.1, -0.05) is 54.6 Å². The van der Waals surface area contributed by atoms with Crippen molar-refractivity contribution < 1.29 is 0 Å². The standard InChI is InChI=1S/C24H25N3S/c25-24(22-8-4-5-9-23(22)28)27-21-13-11-18-10-12-20(14-19(18)15-21)26-16-17-6-2-1-3-7-17/h1-9,11,13,15,20,26,28H,10,12,14,16H2,(H2,25,27). The summed E-state index contributed by atoms with van der Waals surface area (Å²) in [4.78, 5) is 5.48. The third-order valence-corrected chi connectivity index (χ3v) is 5.68. The normalized spacial score (nSPS) is 16.6. The van der Waals surface area contributed by atoms with Crippen LogP contribution < -0.4 is 11.1 Å². The van der Waals surface area contributed by atoms with Gasteiger partial charge in [-0.3, -0.25) is 0 Å². The van der Waals surface area contributed by atoms with Crippen molar-refractivity contribution in [3.63, 3.8) is 0 Å². The van der Waals surface area contributed by atoms with Gasteiger partial charge in [0.25, 0.3) is 0 Å². The average Bonchev–Trinajstić information content (AvgIpc) is 2.73. The lowest BCUT2D eigenvalue weighted by atomic mass is 9.88. The van der Waals surface area contributed by atoms with Crippen molar-refractivity contribution in [2.75, 3.05) is 0 Å². The van der Waals surface area contributed by atoms with E-state index in [1.54, 1.807) is 0 Å². The fourth-order valence-corrected chi connectivity index (χ4v) is 4.01. The number of hydrogen-bond acceptors (Lipinski definition) is 3. The van der Waals surface area contributed by atoms with Gasteiger partial charge in [-0.15, -0.1) is 12.6 Å². The number of aliphatic imine (C=N–C) groups is 1. The number of fused-ring (bicyclic) bond motifs is 1. The van der Waals surface area contributed by atoms with Crippen molar-refractivity contribution >= 4 is 24.2 Å². The van der Waals surface area contributed by atoms with E-state index in [1.807, 2.05) is 24.3 Å². The summed E-state index contributed by atoms with van der Waals surface area (Å²) in [6.45, 7) is 0.907. The summed E-state index contributed by atoms with van der Waals surface area (Å²) in [6.07, 6.45) is 3.28. The van der Waals surface area contributed by atoms with Crippen LogP contribution in [0.5, 0.6) is 0 Å². The molecule has 142 valence electrons. The van der Waals surface area contributed by atoms with Crippen LogP contribution in [0.15, 0.2) is 82.7 Å². The number of thiol groups is 1. The molecule has 0 saturated heterocycles. The van der Waals surface area contributed by atoms with E-state index in [0.29, 0.717) is 11.9 Å². The third-order valence-electron chi connectivity index (χ3n) is 5.29. The molecule has 3 nitrogen and oxygen atoms in total. The number of benzene rings is 3. The van der Waals surface area contributed by atoms with E-state index in [4.69, 9.17) is 5.73 Å². The minimum Gasteiger partial charge on any atom is -0.383 e. The molecule has 0 aromatic heterocycles. The molecule has 0 amide bonds. The number of hydrogen-bond donors (Lipinski definition) is 3. The Morgan fingerprint density at radius 3 is 2.61 bits per heavy atom. The summed E-state index contributed by atoms with van der Waals surface area (Å²) in [7, 11) is 0. The molecule has 3 aromatic rings. The molecule has 4 heteroatoms. The van der Waals surface area contributed by atoms with Crippen molar-refractivity contribution in [2.45, 2.75) is 36.7 Å². The van der Waals surface area contributed by atoms with Gasteiger partial charge in [-0.2, -0.15) is 0 Å². The smallest absolute Gasteiger partial charge is 0.132 e. The first-order valence-electron chi connectivity index (χ1n) is 9.70. The Hall–Kier alpha value is -2.56. The molecular weight excluding hydrogens is 362 g/mol. The van der Waals surface area contributed by atoms with E-state index >= 15 is 0 Å². The Morgan fingerprint density at radius 1 is 1.00 bits per heavy atom. The average molecular weight is 388 g/mol. The number of amidine groups is 1. The van der Waals surface area contributed by atoms with E-state index in [0.717, 1.165) is 42.0 Å². The van der Waals surface area contributed by atoms with E-state index in [2.05, 4.69) is 71.5 Å². The minimum atomic E-state index is 0.488. The molecule has 28 heavy (non-hydrogen) atoms. The molecule has 3 N–H and O–H groups in total. The molecule has 1 atom stereocenters. The van der Waals surface area contributed by atoms with Crippen LogP contribution in [-0.4, -0.2) is 11.9 Å². The van der Waals surface area contributed by atoms with Gasteiger partial charge in [0.05, 0.1) is 5.69 Å². The Bertz CT molecular complexity index is 982. The first kappa shape index (κ1) is 18.8. The zero-order valence-electron chi connectivity index (χ0n) is 15.8. The van der Waals surface area contributed by atoms with Gasteiger partial charge in [0.2, 0.25) is 0 Å². The second-order valence-electron chi connectivity index (χ2n) is 7.27. The minimum absolute atomic E-state index is 0.488. The highest BCUT2D eigenvalue weighted by atomic mass is 32.1. The number of rotatable bonds is 5. The van der Waals surface area contributed by atoms with Crippen molar-refractivity contribution in [2.24, 2.45) is 10.7 Å². The lowest BCUT2D eigenvalue weighted by Gasteiger charge is -2.26. The fraction of sp³-hybridized carbons (Fsp3) is 0.208. The van der Waals surface area contributed by atoms with Crippen LogP contribution in [-0.2, 0) is 19.4 Å². The van der Waals surface area contributed by atoms with Crippen LogP contribution in [0.2, 0.25) is 0 Å². The summed E-state index contributed by atoms with van der Waals surface area (Å²) in [5, 5.41) is 3.70. The number of nitrogens with one attached hydrogen (secondary N) is 1. The van der Waals surface area contributed by atoms with Gasteiger partial charge in [-0.25, -0.2) is 4.99 Å². The van der Waals surface area contributed by atoms with Gasteiger partial charge in [-0.05, 0) is 54.2 Å². The lowest BCUT2D eigenvalue weighted by Crippen LogP contribution is -2.34. The van der Waals surface area contributed by atoms with Gasteiger partial charge in [0, 0.05) is 23.0 Å². The van der Waals surface area contributed by atoms with Gasteiger partial charge < -0.3 is 11.1 Å². The highest BCUT2D eigenvalue weighted by Gasteiger charge is 2.18. The Labute approximate surface area is 172 Å². The van der Waals surface area contributed by atoms with Crippen LogP contribution in [0.1, 0.15) is 28.7 Å². The maximum atomic E-state index is 6.23. The van der Waals surface area contributed by atoms with E-state index in [9.17, 15) is 0 Å². The Kier molecular flexibility index (Phi) is 5.79. The van der Waals surface area contributed by atoms with Crippen LogP contribution in [0, 0.1) is 0 Å². The summed E-state index contributed by atoms with van der Waals surface area (Å²) in [6, 6.07) is 25.3. The third kappa shape index (κ3) is 4.46. The molecule has 0 radical (unpaired) electrons. The van der Waals surface area contributed by atoms with Crippen LogP contribution in [0.4, 0.5) is 5.69 Å². The second-order valence-corrected chi connectivity index (χ2v) is 7.76. The molecule has 0 bridgehead atoms. The lowest BCUT2D eigenvalue weighted by molar-refractivity contribution is 0.458. The quantitative estimate of drug-likeness (QED) is 0.339. The fourth-order valence-electron chi connectivity index (χ4n) is 3.73. The molecule has 3 aromatic carbocycles. The predicted molar refractivity (Wildman–Crippen MR) is 120 cm³/mol. The van der Waals surface area contributed by atoms with Crippen molar-refractivity contribution in [1.29, 1.82) is 0 Å². The molecule has 1 aliphatic carbocycles. The molecule has 4 rings (SSSR count). The first-order valence-corrected chi connectivity index (χ1v) is 10.2. The van der Waals surface area contributed by atoms with Gasteiger partial charge >= 0.3 is 0 Å². The topological polar surface area (TPSA) is 50.4 Å². The highest BCUT2D eigenvalue weighted by molar-refractivity contribution is 7.80. The summed E-state index contributed by atoms with van der Waals surface area (Å²) >= 11 is 4.48. The SMILES string of the molecule is NC(=Nc1ccc2c(c1)CC(NCc1ccccc1)CC2)c1ccccc1S. The number of aryl methyl sites for hydroxylation is 1. The van der Waals surface area contributed by atoms with Crippen molar-refractivity contribution in [3.8, 4) is 0 Å². The largest absolute Gasteiger partial charge is 0.383 e. The molecule has 0 aliphatic heterocycles. The summed E-state index contributed by atoms with van der Waals surface area (Å²) in [5.74, 6) is 0.500. The van der Waals surface area contributed by atoms with Crippen LogP contribution >= 0.6 is 12.6 Å². The molecule has 1 aliphatic rings. The Balaban J connectivity index is 1.47. The molecule has 0 fully saturated rings. The van der Waals surface area contributed by atoms with E-state index in [-0.39, 0.29) is 0 Å². The molecule has 0 spiro atoms. The zero-order valence-corrected chi connectivity index (χ0v) is 16.7. The Morgan fingerprint density at radius 2 is 1.79 bits per heavy atom. The van der Waals surface area contributed by atoms with Gasteiger partial charge in [0.1, 0.15) is 5.84 Å². The van der Waals surface area contributed by atoms with E-state index in [1.165, 1.54) is 16.7 Å². The highest BCUT2D eigenvalue weighted by Crippen LogP contribution is 2.27. The molecule has 1 unspecified atom stereocenters. The van der Waals surface area contributed by atoms with Crippen molar-refractivity contribution in [1.82, 2.24) is 5.32 Å². The van der Waals surface area contributed by atoms with Gasteiger partial charge in [0.15, 0.2) is 0 Å². The predicted octanol–water partition coefficient (Wildman–Crippen LogP) is 4.66. The molecule has 0 saturated carbocycles. The first-order chi connectivity index (χ1) is 13.7. The monoisotopic (exact) mass is 387 g/mol. The molecular formula is C24H25N3S. The summed E-state index contributed by atoms with van der Waals surface area (Å²) < 4.78 is 0. The second kappa shape index (κ2) is 8.63. The molecule has 0 heterocycles. The number of nitrogens with two attached hydrogens (primary N) is 1. The maximum Gasteiger partial charge on any atom is 0.132 e. The maximum absolute atomic E-state index is 6.23. The number of nitrogens with zero attached hydrogens (tertiary/aromatic N) is 1. The van der Waals surface area contributed by atoms with Crippen LogP contribution in [0.3, 0.4) is 0 Å². The summed E-state index contributed by atoms with van der Waals surface area (Å²) in [5.41, 5.74) is 12.1. The van der Waals surface area contributed by atoms with Crippen molar-refractivity contribution in [3.05, 3.63) is 95.1 Å². The van der Waals surface area contributed by atoms with E-state index < -0.39 is 0 Å². The zero-order chi connectivity index (χ0) is 19.3. The van der Waals surface area contributed by atoms with Crippen LogP contribution in [0.25, 0.3) is 0 Å².